The van der Waals surface area contributed by atoms with Gasteiger partial charge in [0.15, 0.2) is 11.5 Å². The molecule has 0 heterocycles. The Labute approximate surface area is 159 Å². The van der Waals surface area contributed by atoms with Crippen molar-refractivity contribution in [3.63, 3.8) is 0 Å². The van der Waals surface area contributed by atoms with Crippen LogP contribution in [0.1, 0.15) is 16.7 Å². The number of amides is 2. The van der Waals surface area contributed by atoms with Crippen LogP contribution in [0.5, 0.6) is 17.2 Å². The highest BCUT2D eigenvalue weighted by Crippen LogP contribution is 2.38. The van der Waals surface area contributed by atoms with Crippen LogP contribution in [0.2, 0.25) is 0 Å². The first kappa shape index (κ1) is 20.4. The first-order valence-electron chi connectivity index (χ1n) is 8.48. The number of carbonyl (C=O) groups excluding carboxylic acids is 1. The lowest BCUT2D eigenvalue weighted by Gasteiger charge is -2.14. The molecule has 2 aromatic rings. The molecule has 0 fully saturated rings. The maximum absolute atomic E-state index is 12.1. The number of methoxy groups -OCH3 is 4. The summed E-state index contributed by atoms with van der Waals surface area (Å²) in [7, 11) is 6.31. The molecule has 0 saturated carbocycles. The molecule has 0 aliphatic heterocycles. The van der Waals surface area contributed by atoms with Gasteiger partial charge < -0.3 is 29.6 Å². The zero-order valence-corrected chi connectivity index (χ0v) is 16.1. The summed E-state index contributed by atoms with van der Waals surface area (Å²) in [5.74, 6) is 1.61. The van der Waals surface area contributed by atoms with E-state index in [9.17, 15) is 4.79 Å². The van der Waals surface area contributed by atoms with Crippen LogP contribution >= 0.6 is 0 Å². The fraction of sp³-hybridized carbons (Fsp3) is 0.350. The lowest BCUT2D eigenvalue weighted by atomic mass is 10.1. The van der Waals surface area contributed by atoms with E-state index in [0.29, 0.717) is 36.9 Å². The number of nitrogens with one attached hydrogen (secondary N) is 2. The molecule has 0 aliphatic carbocycles. The topological polar surface area (TPSA) is 78.1 Å². The molecule has 0 saturated heterocycles. The minimum absolute atomic E-state index is 0.263. The minimum atomic E-state index is -0.263. The SMILES string of the molecule is COCc1cccc(CNC(=O)NCc2cc(OC)c(OC)c(OC)c2)c1. The molecule has 0 aliphatic rings. The Morgan fingerprint density at radius 1 is 0.815 bits per heavy atom. The number of benzene rings is 2. The number of hydrogen-bond donors (Lipinski definition) is 2. The second-order valence-corrected chi connectivity index (χ2v) is 5.82. The third-order valence-corrected chi connectivity index (χ3v) is 3.93. The zero-order valence-electron chi connectivity index (χ0n) is 16.1. The van der Waals surface area contributed by atoms with Crippen molar-refractivity contribution in [2.45, 2.75) is 19.7 Å². The average Bonchev–Trinajstić information content (AvgIpc) is 2.70. The molecular formula is C20H26N2O5. The molecule has 2 aromatic carbocycles. The molecule has 0 aromatic heterocycles. The molecule has 7 nitrogen and oxygen atoms in total. The minimum Gasteiger partial charge on any atom is -0.493 e. The van der Waals surface area contributed by atoms with Gasteiger partial charge in [0, 0.05) is 20.2 Å². The van der Waals surface area contributed by atoms with Crippen LogP contribution in [0, 0.1) is 0 Å². The van der Waals surface area contributed by atoms with Crippen molar-refractivity contribution in [1.82, 2.24) is 10.6 Å². The molecule has 0 unspecified atom stereocenters. The van der Waals surface area contributed by atoms with Crippen LogP contribution in [-0.4, -0.2) is 34.5 Å². The molecule has 0 spiro atoms. The fourth-order valence-electron chi connectivity index (χ4n) is 2.66. The largest absolute Gasteiger partial charge is 0.493 e. The van der Waals surface area contributed by atoms with Gasteiger partial charge in [-0.1, -0.05) is 24.3 Å². The molecule has 2 rings (SSSR count). The van der Waals surface area contributed by atoms with Crippen LogP contribution in [-0.2, 0) is 24.4 Å². The summed E-state index contributed by atoms with van der Waals surface area (Å²) >= 11 is 0. The summed E-state index contributed by atoms with van der Waals surface area (Å²) < 4.78 is 21.1. The third-order valence-electron chi connectivity index (χ3n) is 3.93. The van der Waals surface area contributed by atoms with E-state index in [4.69, 9.17) is 18.9 Å². The second-order valence-electron chi connectivity index (χ2n) is 5.82. The Morgan fingerprint density at radius 2 is 1.41 bits per heavy atom. The van der Waals surface area contributed by atoms with Gasteiger partial charge in [0.1, 0.15) is 0 Å². The number of urea groups is 1. The molecular weight excluding hydrogens is 348 g/mol. The van der Waals surface area contributed by atoms with Crippen molar-refractivity contribution in [3.05, 3.63) is 53.1 Å². The predicted octanol–water partition coefficient (Wildman–Crippen LogP) is 2.86. The van der Waals surface area contributed by atoms with Gasteiger partial charge >= 0.3 is 6.03 Å². The maximum atomic E-state index is 12.1. The van der Waals surface area contributed by atoms with Crippen molar-refractivity contribution in [2.24, 2.45) is 0 Å². The van der Waals surface area contributed by atoms with E-state index >= 15 is 0 Å². The monoisotopic (exact) mass is 374 g/mol. The van der Waals surface area contributed by atoms with E-state index in [1.165, 1.54) is 0 Å². The Kier molecular flexibility index (Phi) is 7.76. The smallest absolute Gasteiger partial charge is 0.315 e. The van der Waals surface area contributed by atoms with Crippen LogP contribution in [0.25, 0.3) is 0 Å². The van der Waals surface area contributed by atoms with E-state index in [-0.39, 0.29) is 6.03 Å². The van der Waals surface area contributed by atoms with Gasteiger partial charge in [0.25, 0.3) is 0 Å². The normalized spacial score (nSPS) is 10.2. The van der Waals surface area contributed by atoms with Gasteiger partial charge in [-0.05, 0) is 28.8 Å². The average molecular weight is 374 g/mol. The first-order valence-corrected chi connectivity index (χ1v) is 8.48. The zero-order chi connectivity index (χ0) is 19.6. The summed E-state index contributed by atoms with van der Waals surface area (Å²) in [5.41, 5.74) is 2.91. The highest BCUT2D eigenvalue weighted by molar-refractivity contribution is 5.74. The maximum Gasteiger partial charge on any atom is 0.315 e. The quantitative estimate of drug-likeness (QED) is 0.706. The van der Waals surface area contributed by atoms with Crippen molar-refractivity contribution in [3.8, 4) is 17.2 Å². The van der Waals surface area contributed by atoms with Crippen LogP contribution in [0.15, 0.2) is 36.4 Å². The second kappa shape index (κ2) is 10.3. The molecule has 2 amide bonds. The Balaban J connectivity index is 1.92. The molecule has 27 heavy (non-hydrogen) atoms. The predicted molar refractivity (Wildman–Crippen MR) is 102 cm³/mol. The fourth-order valence-corrected chi connectivity index (χ4v) is 2.66. The Morgan fingerprint density at radius 3 is 1.96 bits per heavy atom. The summed E-state index contributed by atoms with van der Waals surface area (Å²) in [4.78, 5) is 12.1. The number of ether oxygens (including phenoxy) is 4. The van der Waals surface area contributed by atoms with E-state index in [0.717, 1.165) is 16.7 Å². The highest BCUT2D eigenvalue weighted by atomic mass is 16.5. The first-order chi connectivity index (χ1) is 13.1. The molecule has 146 valence electrons. The van der Waals surface area contributed by atoms with Gasteiger partial charge in [0.2, 0.25) is 5.75 Å². The van der Waals surface area contributed by atoms with Crippen LogP contribution in [0.3, 0.4) is 0 Å². The standard InChI is InChI=1S/C20H26N2O5/c1-24-13-15-7-5-6-14(8-15)11-21-20(23)22-12-16-9-17(25-2)19(27-4)18(10-16)26-3/h5-10H,11-13H2,1-4H3,(H2,21,22,23). The highest BCUT2D eigenvalue weighted by Gasteiger charge is 2.13. The van der Waals surface area contributed by atoms with Gasteiger partial charge in [-0.25, -0.2) is 4.79 Å². The Bertz CT molecular complexity index is 739. The van der Waals surface area contributed by atoms with Gasteiger partial charge in [0.05, 0.1) is 27.9 Å². The van der Waals surface area contributed by atoms with Crippen molar-refractivity contribution in [2.75, 3.05) is 28.4 Å². The molecule has 0 radical (unpaired) electrons. The van der Waals surface area contributed by atoms with Crippen molar-refractivity contribution < 1.29 is 23.7 Å². The number of carbonyl (C=O) groups is 1. The van der Waals surface area contributed by atoms with E-state index in [2.05, 4.69) is 10.6 Å². The number of hydrogen-bond acceptors (Lipinski definition) is 5. The van der Waals surface area contributed by atoms with Crippen molar-refractivity contribution >= 4 is 6.03 Å². The molecule has 0 atom stereocenters. The summed E-state index contributed by atoms with van der Waals surface area (Å²) in [5, 5.41) is 5.66. The van der Waals surface area contributed by atoms with Gasteiger partial charge in [-0.3, -0.25) is 0 Å². The lowest BCUT2D eigenvalue weighted by Crippen LogP contribution is -2.34. The molecule has 0 bridgehead atoms. The summed E-state index contributed by atoms with van der Waals surface area (Å²) in [6, 6.07) is 11.2. The van der Waals surface area contributed by atoms with Gasteiger partial charge in [-0.2, -0.15) is 0 Å². The molecule has 2 N–H and O–H groups in total. The third kappa shape index (κ3) is 5.79. The summed E-state index contributed by atoms with van der Waals surface area (Å²) in [6.45, 7) is 1.30. The summed E-state index contributed by atoms with van der Waals surface area (Å²) in [6.07, 6.45) is 0. The van der Waals surface area contributed by atoms with Crippen LogP contribution in [0.4, 0.5) is 4.79 Å². The lowest BCUT2D eigenvalue weighted by molar-refractivity contribution is 0.185. The van der Waals surface area contributed by atoms with Gasteiger partial charge in [-0.15, -0.1) is 0 Å². The molecule has 7 heteroatoms. The van der Waals surface area contributed by atoms with Crippen LogP contribution < -0.4 is 24.8 Å². The van der Waals surface area contributed by atoms with E-state index < -0.39 is 0 Å². The van der Waals surface area contributed by atoms with Crippen molar-refractivity contribution in [1.29, 1.82) is 0 Å². The Hall–Kier alpha value is -2.93. The van der Waals surface area contributed by atoms with E-state index in [1.54, 1.807) is 40.6 Å². The van der Waals surface area contributed by atoms with E-state index in [1.807, 2.05) is 24.3 Å². The number of rotatable bonds is 9.